The third-order valence-electron chi connectivity index (χ3n) is 3.80. The molecule has 0 spiro atoms. The lowest BCUT2D eigenvalue weighted by atomic mass is 10.1. The van der Waals surface area contributed by atoms with Gasteiger partial charge in [0.25, 0.3) is 6.29 Å². The van der Waals surface area contributed by atoms with Crippen molar-refractivity contribution >= 4 is 29.6 Å². The first-order valence-corrected chi connectivity index (χ1v) is 7.85. The third-order valence-corrected chi connectivity index (χ3v) is 4.92. The van der Waals surface area contributed by atoms with Crippen molar-refractivity contribution in [2.75, 3.05) is 5.75 Å². The van der Waals surface area contributed by atoms with Crippen molar-refractivity contribution in [1.82, 2.24) is 4.90 Å². The fourth-order valence-electron chi connectivity index (χ4n) is 2.69. The van der Waals surface area contributed by atoms with Crippen LogP contribution in [0, 0.1) is 0 Å². The Hall–Kier alpha value is -2.28. The van der Waals surface area contributed by atoms with Crippen LogP contribution >= 0.6 is 11.8 Å². The molecule has 3 aliphatic heterocycles. The molecule has 0 aromatic heterocycles. The smallest absolute Gasteiger partial charge is 0.358 e. The fourth-order valence-corrected chi connectivity index (χ4v) is 3.80. The molecule has 7 heteroatoms. The van der Waals surface area contributed by atoms with Crippen LogP contribution in [0.2, 0.25) is 0 Å². The molecule has 1 aromatic carbocycles. The minimum atomic E-state index is -1.05. The molecule has 3 aliphatic rings. The Labute approximate surface area is 130 Å². The van der Waals surface area contributed by atoms with Crippen molar-refractivity contribution in [3.63, 3.8) is 0 Å². The van der Waals surface area contributed by atoms with Crippen molar-refractivity contribution in [3.05, 3.63) is 47.2 Å². The highest BCUT2D eigenvalue weighted by Gasteiger charge is 2.44. The number of β-lactam (4-membered cyclic amide) rings is 1. The molecule has 1 fully saturated rings. The fraction of sp³-hybridized carbons (Fsp3) is 0.267. The Balaban J connectivity index is 1.55. The molecule has 2 atom stereocenters. The van der Waals surface area contributed by atoms with Gasteiger partial charge in [-0.15, -0.1) is 11.8 Å². The quantitative estimate of drug-likeness (QED) is 0.609. The zero-order chi connectivity index (χ0) is 15.3. The number of hydrogen-bond acceptors (Lipinski definition) is 6. The monoisotopic (exact) mass is 317 g/mol. The molecule has 1 saturated heterocycles. The van der Waals surface area contributed by atoms with Crippen molar-refractivity contribution in [2.24, 2.45) is 0 Å². The molecule has 0 saturated carbocycles. The second kappa shape index (κ2) is 4.88. The molecular weight excluding hydrogens is 306 g/mol. The van der Waals surface area contributed by atoms with E-state index in [-0.39, 0.29) is 17.0 Å². The first kappa shape index (κ1) is 13.4. The van der Waals surface area contributed by atoms with Crippen LogP contribution in [0.5, 0.6) is 0 Å². The number of amides is 1. The van der Waals surface area contributed by atoms with Crippen molar-refractivity contribution in [2.45, 2.75) is 18.1 Å². The average Bonchev–Trinajstić information content (AvgIpc) is 2.82. The predicted octanol–water partition coefficient (Wildman–Crippen LogP) is 1.59. The van der Waals surface area contributed by atoms with Gasteiger partial charge < -0.3 is 9.47 Å². The van der Waals surface area contributed by atoms with Gasteiger partial charge in [0.2, 0.25) is 5.91 Å². The van der Waals surface area contributed by atoms with Gasteiger partial charge in [0.1, 0.15) is 5.70 Å². The van der Waals surface area contributed by atoms with Crippen LogP contribution < -0.4 is 0 Å². The molecule has 22 heavy (non-hydrogen) atoms. The number of thioether (sulfide) groups is 1. The van der Waals surface area contributed by atoms with Crippen molar-refractivity contribution in [3.8, 4) is 0 Å². The van der Waals surface area contributed by atoms with Crippen LogP contribution in [0.25, 0.3) is 0 Å². The highest BCUT2D eigenvalue weighted by Crippen LogP contribution is 2.38. The summed E-state index contributed by atoms with van der Waals surface area (Å²) in [7, 11) is 0. The SMILES string of the molecule is O=C(OC1OC(=O)c2ccccc21)C1=CCS[C@@H]2CC(=O)N12. The zero-order valence-corrected chi connectivity index (χ0v) is 12.2. The Bertz CT molecular complexity index is 728. The van der Waals surface area contributed by atoms with Crippen LogP contribution in [-0.4, -0.2) is 33.9 Å². The van der Waals surface area contributed by atoms with Crippen molar-refractivity contribution in [1.29, 1.82) is 0 Å². The maximum atomic E-state index is 12.3. The molecule has 0 aliphatic carbocycles. The molecule has 112 valence electrons. The number of hydrogen-bond donors (Lipinski definition) is 0. The molecule has 4 rings (SSSR count). The minimum absolute atomic E-state index is 0.0125. The Kier molecular flexibility index (Phi) is 2.97. The number of nitrogens with zero attached hydrogens (tertiary/aromatic N) is 1. The van der Waals surface area contributed by atoms with E-state index in [2.05, 4.69) is 0 Å². The third kappa shape index (κ3) is 1.93. The van der Waals surface area contributed by atoms with E-state index in [1.807, 2.05) is 0 Å². The van der Waals surface area contributed by atoms with Gasteiger partial charge in [-0.05, 0) is 12.1 Å². The van der Waals surface area contributed by atoms with Gasteiger partial charge in [-0.1, -0.05) is 18.2 Å². The summed E-state index contributed by atoms with van der Waals surface area (Å²) in [6, 6.07) is 6.76. The van der Waals surface area contributed by atoms with E-state index in [9.17, 15) is 14.4 Å². The number of carbonyl (C=O) groups excluding carboxylic acids is 3. The van der Waals surface area contributed by atoms with Gasteiger partial charge in [-0.3, -0.25) is 9.69 Å². The summed E-state index contributed by atoms with van der Waals surface area (Å²) in [5.74, 6) is -0.600. The van der Waals surface area contributed by atoms with Crippen LogP contribution in [-0.2, 0) is 19.1 Å². The Morgan fingerprint density at radius 2 is 2.14 bits per heavy atom. The number of rotatable bonds is 2. The van der Waals surface area contributed by atoms with E-state index >= 15 is 0 Å². The molecule has 1 unspecified atom stereocenters. The van der Waals surface area contributed by atoms with E-state index in [4.69, 9.17) is 9.47 Å². The molecule has 0 N–H and O–H groups in total. The van der Waals surface area contributed by atoms with E-state index < -0.39 is 18.2 Å². The Morgan fingerprint density at radius 3 is 2.95 bits per heavy atom. The number of ether oxygens (including phenoxy) is 2. The summed E-state index contributed by atoms with van der Waals surface area (Å²) in [5.41, 5.74) is 1.16. The first-order chi connectivity index (χ1) is 10.6. The van der Waals surface area contributed by atoms with E-state index in [0.29, 0.717) is 23.3 Å². The van der Waals surface area contributed by atoms with Gasteiger partial charge in [0.15, 0.2) is 0 Å². The molecular formula is C15H11NO5S. The summed E-state index contributed by atoms with van der Waals surface area (Å²) in [5, 5.41) is 0.0125. The second-order valence-electron chi connectivity index (χ2n) is 5.08. The standard InChI is InChI=1S/C15H11NO5S/c17-11-7-12-16(11)10(5-6-22-12)14(19)21-15-9-4-2-1-3-8(9)13(18)20-15/h1-5,12,15H,6-7H2/t12-,15?/m1/s1. The number of cyclic esters (lactones) is 1. The summed E-state index contributed by atoms with van der Waals surface area (Å²) < 4.78 is 10.4. The van der Waals surface area contributed by atoms with Crippen LogP contribution in [0.4, 0.5) is 0 Å². The summed E-state index contributed by atoms with van der Waals surface area (Å²) in [6.07, 6.45) is 1.06. The number of benzene rings is 1. The lowest BCUT2D eigenvalue weighted by Crippen LogP contribution is -2.53. The molecule has 3 heterocycles. The number of carbonyl (C=O) groups is 3. The molecule has 0 radical (unpaired) electrons. The topological polar surface area (TPSA) is 72.9 Å². The second-order valence-corrected chi connectivity index (χ2v) is 6.29. The molecule has 6 nitrogen and oxygen atoms in total. The maximum Gasteiger partial charge on any atom is 0.358 e. The maximum absolute atomic E-state index is 12.3. The van der Waals surface area contributed by atoms with E-state index in [1.54, 1.807) is 42.1 Å². The van der Waals surface area contributed by atoms with Gasteiger partial charge >= 0.3 is 11.9 Å². The minimum Gasteiger partial charge on any atom is -0.417 e. The van der Waals surface area contributed by atoms with Gasteiger partial charge in [0, 0.05) is 11.3 Å². The summed E-state index contributed by atoms with van der Waals surface area (Å²) >= 11 is 1.61. The summed E-state index contributed by atoms with van der Waals surface area (Å²) in [4.78, 5) is 37.1. The summed E-state index contributed by atoms with van der Waals surface area (Å²) in [6.45, 7) is 0. The van der Waals surface area contributed by atoms with Crippen LogP contribution in [0.1, 0.15) is 28.6 Å². The van der Waals surface area contributed by atoms with Gasteiger partial charge in [-0.2, -0.15) is 0 Å². The predicted molar refractivity (Wildman–Crippen MR) is 76.5 cm³/mol. The van der Waals surface area contributed by atoms with Crippen LogP contribution in [0.15, 0.2) is 36.0 Å². The molecule has 1 amide bonds. The number of fused-ring (bicyclic) bond motifs is 2. The highest BCUT2D eigenvalue weighted by atomic mass is 32.2. The zero-order valence-electron chi connectivity index (χ0n) is 11.4. The molecule has 0 bridgehead atoms. The van der Waals surface area contributed by atoms with Gasteiger partial charge in [0.05, 0.1) is 17.4 Å². The largest absolute Gasteiger partial charge is 0.417 e. The van der Waals surface area contributed by atoms with E-state index in [0.717, 1.165) is 0 Å². The first-order valence-electron chi connectivity index (χ1n) is 6.80. The lowest BCUT2D eigenvalue weighted by Gasteiger charge is -2.42. The number of esters is 2. The average molecular weight is 317 g/mol. The van der Waals surface area contributed by atoms with Crippen molar-refractivity contribution < 1.29 is 23.9 Å². The Morgan fingerprint density at radius 1 is 1.32 bits per heavy atom. The molecule has 1 aromatic rings. The van der Waals surface area contributed by atoms with Crippen LogP contribution in [0.3, 0.4) is 0 Å². The highest BCUT2D eigenvalue weighted by molar-refractivity contribution is 8.00. The van der Waals surface area contributed by atoms with E-state index in [1.165, 1.54) is 4.90 Å². The lowest BCUT2D eigenvalue weighted by molar-refractivity contribution is -0.167. The van der Waals surface area contributed by atoms with Gasteiger partial charge in [-0.25, -0.2) is 9.59 Å². The normalized spacial score (nSPS) is 25.6.